The molecule has 4 heterocycles. The van der Waals surface area contributed by atoms with Crippen molar-refractivity contribution < 1.29 is 4.79 Å². The molecule has 1 aromatic carbocycles. The molecule has 174 valence electrons. The van der Waals surface area contributed by atoms with Crippen molar-refractivity contribution in [3.05, 3.63) is 52.8 Å². The molecule has 0 spiro atoms. The van der Waals surface area contributed by atoms with Gasteiger partial charge in [0.25, 0.3) is 5.91 Å². The second kappa shape index (κ2) is 9.04. The molecule has 1 N–H and O–H groups in total. The molecule has 0 bridgehead atoms. The van der Waals surface area contributed by atoms with Gasteiger partial charge in [0, 0.05) is 50.2 Å². The summed E-state index contributed by atoms with van der Waals surface area (Å²) in [4.78, 5) is 23.1. The van der Waals surface area contributed by atoms with E-state index in [1.807, 2.05) is 41.6 Å². The number of nitrogens with one attached hydrogen (secondary N) is 1. The molecule has 2 aliphatic rings. The second-order valence-electron chi connectivity index (χ2n) is 9.48. The normalized spacial score (nSPS) is 19.2. The molecule has 0 aliphatic carbocycles. The molecule has 0 radical (unpaired) electrons. The molecule has 2 fully saturated rings. The lowest BCUT2D eigenvalue weighted by molar-refractivity contribution is 0.0606. The van der Waals surface area contributed by atoms with Crippen LogP contribution < -0.4 is 10.2 Å². The van der Waals surface area contributed by atoms with Crippen LogP contribution in [0.5, 0.6) is 0 Å². The predicted octanol–water partition coefficient (Wildman–Crippen LogP) is 4.75. The fourth-order valence-corrected chi connectivity index (χ4v) is 5.30. The molecule has 1 unspecified atom stereocenters. The highest BCUT2D eigenvalue weighted by atomic mass is 16.2. The van der Waals surface area contributed by atoms with Crippen LogP contribution in [0.15, 0.2) is 30.5 Å². The van der Waals surface area contributed by atoms with Gasteiger partial charge in [0.1, 0.15) is 5.82 Å². The van der Waals surface area contributed by atoms with E-state index in [4.69, 9.17) is 10.1 Å². The SMILES string of the molecule is CNc1ccc(C)cc1C(=O)N1CCCCC1c1cc2nc(N3CCCCC3)c(C)cn2n1. The first kappa shape index (κ1) is 21.7. The number of carbonyl (C=O) groups excluding carboxylic acids is 1. The Labute approximate surface area is 195 Å². The maximum Gasteiger partial charge on any atom is 0.256 e. The van der Waals surface area contributed by atoms with Gasteiger partial charge >= 0.3 is 0 Å². The summed E-state index contributed by atoms with van der Waals surface area (Å²) in [5.74, 6) is 1.15. The predicted molar refractivity (Wildman–Crippen MR) is 132 cm³/mol. The van der Waals surface area contributed by atoms with Crippen LogP contribution in [0, 0.1) is 13.8 Å². The number of amides is 1. The highest BCUT2D eigenvalue weighted by Crippen LogP contribution is 2.34. The standard InChI is InChI=1S/C26H34N6O/c1-18-10-11-21(27-3)20(15-18)26(33)31-14-8-5-9-23(31)22-16-24-28-25(19(2)17-32(24)29-22)30-12-6-4-7-13-30/h10-11,15-17,23,27H,4-9,12-14H2,1-3H3. The first-order valence-corrected chi connectivity index (χ1v) is 12.3. The van der Waals surface area contributed by atoms with Crippen molar-refractivity contribution in [1.29, 1.82) is 0 Å². The van der Waals surface area contributed by atoms with E-state index in [2.05, 4.69) is 29.4 Å². The van der Waals surface area contributed by atoms with Crippen molar-refractivity contribution in [1.82, 2.24) is 19.5 Å². The number of anilines is 2. The zero-order valence-corrected chi connectivity index (χ0v) is 20.0. The van der Waals surface area contributed by atoms with Crippen LogP contribution in [0.4, 0.5) is 11.5 Å². The fourth-order valence-electron chi connectivity index (χ4n) is 5.30. The van der Waals surface area contributed by atoms with Crippen molar-refractivity contribution in [3.63, 3.8) is 0 Å². The summed E-state index contributed by atoms with van der Waals surface area (Å²) in [6.45, 7) is 7.03. The number of aryl methyl sites for hydroxylation is 2. The van der Waals surface area contributed by atoms with Gasteiger partial charge < -0.3 is 15.1 Å². The van der Waals surface area contributed by atoms with Crippen molar-refractivity contribution in [2.45, 2.75) is 58.4 Å². The summed E-state index contributed by atoms with van der Waals surface area (Å²) in [6.07, 6.45) is 8.88. The Balaban J connectivity index is 1.48. The van der Waals surface area contributed by atoms with Gasteiger partial charge in [0.15, 0.2) is 5.65 Å². The number of fused-ring (bicyclic) bond motifs is 1. The topological polar surface area (TPSA) is 65.8 Å². The van der Waals surface area contributed by atoms with Crippen molar-refractivity contribution in [2.75, 3.05) is 36.9 Å². The third-order valence-corrected chi connectivity index (χ3v) is 7.06. The number of aromatic nitrogens is 3. The van der Waals surface area contributed by atoms with E-state index in [1.54, 1.807) is 0 Å². The van der Waals surface area contributed by atoms with Gasteiger partial charge in [-0.05, 0) is 64.5 Å². The maximum absolute atomic E-state index is 13.7. The largest absolute Gasteiger partial charge is 0.387 e. The highest BCUT2D eigenvalue weighted by Gasteiger charge is 2.32. The Morgan fingerprint density at radius 2 is 1.82 bits per heavy atom. The van der Waals surface area contributed by atoms with Crippen LogP contribution in [0.25, 0.3) is 5.65 Å². The van der Waals surface area contributed by atoms with Crippen LogP contribution in [0.2, 0.25) is 0 Å². The lowest BCUT2D eigenvalue weighted by Crippen LogP contribution is -2.39. The monoisotopic (exact) mass is 446 g/mol. The van der Waals surface area contributed by atoms with E-state index >= 15 is 0 Å². The maximum atomic E-state index is 13.7. The average molecular weight is 447 g/mol. The molecule has 7 nitrogen and oxygen atoms in total. The molecular formula is C26H34N6O. The highest BCUT2D eigenvalue weighted by molar-refractivity contribution is 6.00. The lowest BCUT2D eigenvalue weighted by Gasteiger charge is -2.35. The molecule has 2 aliphatic heterocycles. The average Bonchev–Trinajstić information content (AvgIpc) is 3.26. The van der Waals surface area contributed by atoms with Crippen LogP contribution in [-0.2, 0) is 0 Å². The number of likely N-dealkylation sites (tertiary alicyclic amines) is 1. The van der Waals surface area contributed by atoms with E-state index in [9.17, 15) is 4.79 Å². The second-order valence-corrected chi connectivity index (χ2v) is 9.48. The molecule has 3 aromatic rings. The third-order valence-electron chi connectivity index (χ3n) is 7.06. The van der Waals surface area contributed by atoms with E-state index in [-0.39, 0.29) is 11.9 Å². The molecule has 1 atom stereocenters. The van der Waals surface area contributed by atoms with Gasteiger partial charge in [0.05, 0.1) is 17.3 Å². The van der Waals surface area contributed by atoms with Crippen molar-refractivity contribution in [3.8, 4) is 0 Å². The summed E-state index contributed by atoms with van der Waals surface area (Å²) in [7, 11) is 1.87. The Morgan fingerprint density at radius 1 is 1.03 bits per heavy atom. The number of nitrogens with zero attached hydrogens (tertiary/aromatic N) is 5. The summed E-state index contributed by atoms with van der Waals surface area (Å²) in [6, 6.07) is 8.06. The van der Waals surface area contributed by atoms with E-state index in [0.717, 1.165) is 78.4 Å². The van der Waals surface area contributed by atoms with Gasteiger partial charge in [-0.2, -0.15) is 5.10 Å². The minimum atomic E-state index is -0.0306. The van der Waals surface area contributed by atoms with Crippen LogP contribution in [-0.4, -0.2) is 52.1 Å². The van der Waals surface area contributed by atoms with Crippen molar-refractivity contribution >= 4 is 23.1 Å². The number of carbonyl (C=O) groups is 1. The minimum Gasteiger partial charge on any atom is -0.387 e. The number of rotatable bonds is 4. The summed E-state index contributed by atoms with van der Waals surface area (Å²) in [5, 5.41) is 8.08. The van der Waals surface area contributed by atoms with Gasteiger partial charge in [-0.1, -0.05) is 11.6 Å². The fraction of sp³-hybridized carbons (Fsp3) is 0.500. The molecule has 0 saturated carbocycles. The number of hydrogen-bond donors (Lipinski definition) is 1. The first-order chi connectivity index (χ1) is 16.0. The Bertz CT molecular complexity index is 1160. The third kappa shape index (κ3) is 4.16. The van der Waals surface area contributed by atoms with Gasteiger partial charge in [-0.3, -0.25) is 4.79 Å². The Hall–Kier alpha value is -3.09. The zero-order valence-electron chi connectivity index (χ0n) is 20.0. The van der Waals surface area contributed by atoms with E-state index in [1.165, 1.54) is 19.3 Å². The van der Waals surface area contributed by atoms with Crippen LogP contribution >= 0.6 is 0 Å². The minimum absolute atomic E-state index is 0.0306. The number of benzene rings is 1. The van der Waals surface area contributed by atoms with Gasteiger partial charge in [-0.25, -0.2) is 9.50 Å². The summed E-state index contributed by atoms with van der Waals surface area (Å²) in [5.41, 5.74) is 5.63. The lowest BCUT2D eigenvalue weighted by atomic mass is 9.97. The Kier molecular flexibility index (Phi) is 5.96. The molecular weight excluding hydrogens is 412 g/mol. The number of hydrogen-bond acceptors (Lipinski definition) is 5. The van der Waals surface area contributed by atoms with Crippen LogP contribution in [0.1, 0.15) is 71.7 Å². The molecule has 7 heteroatoms. The van der Waals surface area contributed by atoms with Crippen molar-refractivity contribution in [2.24, 2.45) is 0 Å². The Morgan fingerprint density at radius 3 is 2.61 bits per heavy atom. The smallest absolute Gasteiger partial charge is 0.256 e. The van der Waals surface area contributed by atoms with Gasteiger partial charge in [-0.15, -0.1) is 0 Å². The zero-order chi connectivity index (χ0) is 22.9. The van der Waals surface area contributed by atoms with E-state index < -0.39 is 0 Å². The van der Waals surface area contributed by atoms with E-state index in [0.29, 0.717) is 0 Å². The summed E-state index contributed by atoms with van der Waals surface area (Å²) < 4.78 is 1.89. The molecule has 5 rings (SSSR count). The molecule has 33 heavy (non-hydrogen) atoms. The molecule has 1 amide bonds. The first-order valence-electron chi connectivity index (χ1n) is 12.3. The van der Waals surface area contributed by atoms with Crippen LogP contribution in [0.3, 0.4) is 0 Å². The molecule has 2 saturated heterocycles. The molecule has 2 aromatic heterocycles. The van der Waals surface area contributed by atoms with Gasteiger partial charge in [0.2, 0.25) is 0 Å². The quantitative estimate of drug-likeness (QED) is 0.627. The summed E-state index contributed by atoms with van der Waals surface area (Å²) >= 11 is 0. The number of piperidine rings is 2.